The average Bonchev–Trinajstić information content (AvgIpc) is 2.85. The Morgan fingerprint density at radius 1 is 1.27 bits per heavy atom. The lowest BCUT2D eigenvalue weighted by Gasteiger charge is -2.24. The van der Waals surface area contributed by atoms with Crippen LogP contribution >= 0.6 is 0 Å². The second-order valence-electron chi connectivity index (χ2n) is 4.70. The monoisotopic (exact) mass is 207 g/mol. The molecule has 0 N–H and O–H groups in total. The molecular formula is C13H21NO. The normalized spacial score (nSPS) is 27.9. The molecular weight excluding hydrogens is 186 g/mol. The van der Waals surface area contributed by atoms with E-state index in [1.807, 2.05) is 0 Å². The summed E-state index contributed by atoms with van der Waals surface area (Å²) in [5, 5.41) is 0. The van der Waals surface area contributed by atoms with Crippen molar-refractivity contribution in [3.05, 3.63) is 18.1 Å². The smallest absolute Gasteiger partial charge is 0.155 e. The van der Waals surface area contributed by atoms with Gasteiger partial charge in [0.1, 0.15) is 0 Å². The number of ether oxygens (including phenoxy) is 1. The minimum Gasteiger partial charge on any atom is -0.485 e. The molecule has 2 heteroatoms. The quantitative estimate of drug-likeness (QED) is 0.521. The Hall–Kier alpha value is -0.720. The van der Waals surface area contributed by atoms with Gasteiger partial charge in [-0.1, -0.05) is 12.3 Å². The molecule has 1 aliphatic carbocycles. The molecule has 1 saturated heterocycles. The number of nitrogens with zero attached hydrogens (tertiary/aromatic N) is 1. The summed E-state index contributed by atoms with van der Waals surface area (Å²) in [7, 11) is 2.16. The van der Waals surface area contributed by atoms with Gasteiger partial charge < -0.3 is 4.74 Å². The molecule has 1 heterocycles. The van der Waals surface area contributed by atoms with Crippen LogP contribution in [0.15, 0.2) is 18.1 Å². The second kappa shape index (κ2) is 4.87. The van der Waals surface area contributed by atoms with E-state index in [0.717, 1.165) is 5.76 Å². The molecule has 84 valence electrons. The summed E-state index contributed by atoms with van der Waals surface area (Å²) in [5.41, 5.74) is 3.00. The van der Waals surface area contributed by atoms with Crippen LogP contribution in [0.2, 0.25) is 0 Å². The van der Waals surface area contributed by atoms with E-state index in [0.29, 0.717) is 12.1 Å². The van der Waals surface area contributed by atoms with Crippen LogP contribution in [-0.4, -0.2) is 30.6 Å². The molecule has 0 aromatic rings. The van der Waals surface area contributed by atoms with Gasteiger partial charge in [0.2, 0.25) is 0 Å². The Balaban J connectivity index is 1.95. The number of likely N-dealkylation sites (N-methyl/N-ethyl adjacent to an activating group) is 1. The van der Waals surface area contributed by atoms with Gasteiger partial charge in [0.05, 0.1) is 12.1 Å². The van der Waals surface area contributed by atoms with Crippen LogP contribution in [0.25, 0.3) is 0 Å². The summed E-state index contributed by atoms with van der Waals surface area (Å²) in [4.78, 5) is 2.35. The summed E-state index contributed by atoms with van der Waals surface area (Å²) >= 11 is 0. The maximum atomic E-state index is 6.02. The van der Waals surface area contributed by atoms with E-state index >= 15 is 0 Å². The van der Waals surface area contributed by atoms with Crippen molar-refractivity contribution in [3.63, 3.8) is 0 Å². The fourth-order valence-electron chi connectivity index (χ4n) is 2.67. The van der Waals surface area contributed by atoms with E-state index in [4.69, 9.17) is 4.74 Å². The zero-order chi connectivity index (χ0) is 10.7. The first-order valence-electron chi connectivity index (χ1n) is 6.08. The van der Waals surface area contributed by atoms with E-state index < -0.39 is 0 Å². The second-order valence-corrected chi connectivity index (χ2v) is 4.70. The molecule has 0 aromatic heterocycles. The van der Waals surface area contributed by atoms with Crippen LogP contribution in [0.3, 0.4) is 0 Å². The predicted molar refractivity (Wildman–Crippen MR) is 61.6 cm³/mol. The SMILES string of the molecule is C=C=C(OC1CCCC1)[C@@H]1CCCN1C. The van der Waals surface area contributed by atoms with Gasteiger partial charge in [-0.15, -0.1) is 0 Å². The molecule has 0 radical (unpaired) electrons. The number of rotatable bonds is 3. The zero-order valence-corrected chi connectivity index (χ0v) is 9.67. The molecule has 1 aliphatic heterocycles. The highest BCUT2D eigenvalue weighted by Gasteiger charge is 2.28. The molecule has 0 unspecified atom stereocenters. The Labute approximate surface area is 92.6 Å². The topological polar surface area (TPSA) is 12.5 Å². The molecule has 2 rings (SSSR count). The fourth-order valence-corrected chi connectivity index (χ4v) is 2.67. The van der Waals surface area contributed by atoms with Crippen LogP contribution in [0.1, 0.15) is 38.5 Å². The van der Waals surface area contributed by atoms with Crippen molar-refractivity contribution >= 4 is 0 Å². The molecule has 15 heavy (non-hydrogen) atoms. The van der Waals surface area contributed by atoms with Gasteiger partial charge >= 0.3 is 0 Å². The van der Waals surface area contributed by atoms with Crippen molar-refractivity contribution in [2.24, 2.45) is 0 Å². The van der Waals surface area contributed by atoms with E-state index in [1.54, 1.807) is 0 Å². The molecule has 0 amide bonds. The van der Waals surface area contributed by atoms with E-state index in [1.165, 1.54) is 45.1 Å². The van der Waals surface area contributed by atoms with Crippen LogP contribution in [0, 0.1) is 0 Å². The third-order valence-electron chi connectivity index (χ3n) is 3.59. The molecule has 2 nitrogen and oxygen atoms in total. The molecule has 1 saturated carbocycles. The lowest BCUT2D eigenvalue weighted by atomic mass is 10.2. The Morgan fingerprint density at radius 3 is 2.53 bits per heavy atom. The van der Waals surface area contributed by atoms with E-state index in [2.05, 4.69) is 24.3 Å². The Kier molecular flexibility index (Phi) is 3.50. The summed E-state index contributed by atoms with van der Waals surface area (Å²) in [6.45, 7) is 4.94. The lowest BCUT2D eigenvalue weighted by Crippen LogP contribution is -2.29. The van der Waals surface area contributed by atoms with Crippen molar-refractivity contribution in [3.8, 4) is 0 Å². The molecule has 0 bridgehead atoms. The number of likely N-dealkylation sites (tertiary alicyclic amines) is 1. The van der Waals surface area contributed by atoms with Crippen molar-refractivity contribution in [2.45, 2.75) is 50.7 Å². The maximum Gasteiger partial charge on any atom is 0.155 e. The minimum absolute atomic E-state index is 0.433. The minimum atomic E-state index is 0.433. The number of hydrogen-bond acceptors (Lipinski definition) is 2. The van der Waals surface area contributed by atoms with Gasteiger partial charge in [-0.25, -0.2) is 0 Å². The van der Waals surface area contributed by atoms with Gasteiger partial charge in [0, 0.05) is 0 Å². The first-order valence-corrected chi connectivity index (χ1v) is 6.08. The predicted octanol–water partition coefficient (Wildman–Crippen LogP) is 2.71. The maximum absolute atomic E-state index is 6.02. The first kappa shape index (κ1) is 10.8. The average molecular weight is 207 g/mol. The van der Waals surface area contributed by atoms with Gasteiger partial charge in [0.25, 0.3) is 0 Å². The zero-order valence-electron chi connectivity index (χ0n) is 9.67. The summed E-state index contributed by atoms with van der Waals surface area (Å²) in [6.07, 6.45) is 7.94. The van der Waals surface area contributed by atoms with Crippen LogP contribution in [-0.2, 0) is 4.74 Å². The third kappa shape index (κ3) is 2.45. The summed E-state index contributed by atoms with van der Waals surface area (Å²) < 4.78 is 6.02. The van der Waals surface area contributed by atoms with Gasteiger partial charge in [-0.2, -0.15) is 0 Å². The van der Waals surface area contributed by atoms with E-state index in [-0.39, 0.29) is 0 Å². The fraction of sp³-hybridized carbons (Fsp3) is 0.769. The Bertz CT molecular complexity index is 262. The molecule has 0 aromatic carbocycles. The standard InChI is InChI=1S/C13H21NO/c1-3-13(12-9-6-10-14(12)2)15-11-7-4-5-8-11/h11-12H,1,4-10H2,2H3/t12-/m0/s1. The largest absolute Gasteiger partial charge is 0.485 e. The highest BCUT2D eigenvalue weighted by atomic mass is 16.5. The highest BCUT2D eigenvalue weighted by Crippen LogP contribution is 2.28. The Morgan fingerprint density at radius 2 is 2.00 bits per heavy atom. The van der Waals surface area contributed by atoms with Gasteiger partial charge in [-0.3, -0.25) is 4.90 Å². The van der Waals surface area contributed by atoms with E-state index in [9.17, 15) is 0 Å². The van der Waals surface area contributed by atoms with Crippen LogP contribution in [0.5, 0.6) is 0 Å². The van der Waals surface area contributed by atoms with Crippen LogP contribution in [0.4, 0.5) is 0 Å². The van der Waals surface area contributed by atoms with Crippen molar-refractivity contribution in [1.82, 2.24) is 4.90 Å². The first-order chi connectivity index (χ1) is 7.31. The van der Waals surface area contributed by atoms with Gasteiger partial charge in [0.15, 0.2) is 5.76 Å². The molecule has 0 spiro atoms. The number of hydrogen-bond donors (Lipinski definition) is 0. The molecule has 2 fully saturated rings. The highest BCUT2D eigenvalue weighted by molar-refractivity contribution is 5.04. The lowest BCUT2D eigenvalue weighted by molar-refractivity contribution is 0.0901. The third-order valence-corrected chi connectivity index (χ3v) is 3.59. The molecule has 2 aliphatic rings. The van der Waals surface area contributed by atoms with Crippen molar-refractivity contribution in [2.75, 3.05) is 13.6 Å². The summed E-state index contributed by atoms with van der Waals surface area (Å²) in [5.74, 6) is 0.988. The van der Waals surface area contributed by atoms with Gasteiger partial charge in [-0.05, 0) is 52.1 Å². The van der Waals surface area contributed by atoms with Crippen molar-refractivity contribution in [1.29, 1.82) is 0 Å². The summed E-state index contributed by atoms with van der Waals surface area (Å²) in [6, 6.07) is 0.433. The van der Waals surface area contributed by atoms with Crippen LogP contribution < -0.4 is 0 Å². The van der Waals surface area contributed by atoms with Crippen molar-refractivity contribution < 1.29 is 4.74 Å². The molecule has 1 atom stereocenters.